The third kappa shape index (κ3) is 5.50. The fourth-order valence-electron chi connectivity index (χ4n) is 6.84. The van der Waals surface area contributed by atoms with Gasteiger partial charge in [0, 0.05) is 19.8 Å². The van der Waals surface area contributed by atoms with Gasteiger partial charge >= 0.3 is 5.97 Å². The van der Waals surface area contributed by atoms with Gasteiger partial charge in [-0.1, -0.05) is 27.7 Å². The molecule has 4 fully saturated rings. The molecule has 4 aliphatic carbocycles. The Labute approximate surface area is 208 Å². The minimum Gasteiger partial charge on any atom is -0.469 e. The SMILES string of the molecule is CC1(C)C2CCC1(CS(=O)(=O)O)C(=O)C2.CC1(C)C2CCC1(CS(=O)(=O)O)C(=O)C2.COC(C)=O. The maximum atomic E-state index is 11.9. The van der Waals surface area contributed by atoms with Gasteiger partial charge in [0.1, 0.15) is 11.6 Å². The number of methoxy groups -OCH3 is 1. The van der Waals surface area contributed by atoms with E-state index in [1.807, 2.05) is 27.7 Å². The van der Waals surface area contributed by atoms with Crippen molar-refractivity contribution < 1.29 is 45.1 Å². The van der Waals surface area contributed by atoms with Crippen LogP contribution < -0.4 is 0 Å². The average molecular weight is 539 g/mol. The zero-order chi connectivity index (χ0) is 27.3. The second kappa shape index (κ2) is 9.50. The van der Waals surface area contributed by atoms with E-state index in [1.165, 1.54) is 14.0 Å². The molecule has 12 heteroatoms. The van der Waals surface area contributed by atoms with Crippen LogP contribution in [0.4, 0.5) is 0 Å². The summed E-state index contributed by atoms with van der Waals surface area (Å²) in [6.07, 6.45) is 3.94. The van der Waals surface area contributed by atoms with E-state index in [0.29, 0.717) is 25.7 Å². The number of rotatable bonds is 4. The molecule has 202 valence electrons. The summed E-state index contributed by atoms with van der Waals surface area (Å²) in [6.45, 7) is 9.14. The van der Waals surface area contributed by atoms with Crippen LogP contribution in [0, 0.1) is 33.5 Å². The van der Waals surface area contributed by atoms with E-state index in [0.717, 1.165) is 12.8 Å². The molecule has 4 atom stereocenters. The molecule has 0 aromatic carbocycles. The topological polar surface area (TPSA) is 169 Å². The van der Waals surface area contributed by atoms with Crippen molar-refractivity contribution in [2.45, 2.75) is 73.1 Å². The molecule has 0 amide bonds. The maximum Gasteiger partial charge on any atom is 0.302 e. The van der Waals surface area contributed by atoms with Crippen LogP contribution >= 0.6 is 0 Å². The third-order valence-electron chi connectivity index (χ3n) is 9.42. The molecule has 4 unspecified atom stereocenters. The van der Waals surface area contributed by atoms with E-state index < -0.39 is 42.6 Å². The monoisotopic (exact) mass is 538 g/mol. The Morgan fingerprint density at radius 2 is 1.11 bits per heavy atom. The van der Waals surface area contributed by atoms with Gasteiger partial charge in [-0.25, -0.2) is 0 Å². The van der Waals surface area contributed by atoms with Crippen LogP contribution in [0.25, 0.3) is 0 Å². The van der Waals surface area contributed by atoms with Crippen molar-refractivity contribution in [2.24, 2.45) is 33.5 Å². The number of fused-ring (bicyclic) bond motifs is 4. The first-order valence-corrected chi connectivity index (χ1v) is 14.9. The van der Waals surface area contributed by atoms with Gasteiger partial charge in [0.25, 0.3) is 20.2 Å². The zero-order valence-corrected chi connectivity index (χ0v) is 22.9. The Hall–Kier alpha value is -1.37. The van der Waals surface area contributed by atoms with Crippen molar-refractivity contribution in [1.29, 1.82) is 0 Å². The fourth-order valence-corrected chi connectivity index (χ4v) is 9.44. The van der Waals surface area contributed by atoms with Crippen molar-refractivity contribution in [2.75, 3.05) is 18.6 Å². The molecule has 0 radical (unpaired) electrons. The lowest BCUT2D eigenvalue weighted by Gasteiger charge is -2.35. The summed E-state index contributed by atoms with van der Waals surface area (Å²) >= 11 is 0. The van der Waals surface area contributed by atoms with E-state index in [2.05, 4.69) is 4.74 Å². The second-order valence-corrected chi connectivity index (χ2v) is 14.4. The number of esters is 1. The minimum atomic E-state index is -4.08. The second-order valence-electron chi connectivity index (χ2n) is 11.5. The number of ketones is 2. The maximum absolute atomic E-state index is 11.9. The van der Waals surface area contributed by atoms with Crippen LogP contribution in [0.1, 0.15) is 73.1 Å². The lowest BCUT2D eigenvalue weighted by atomic mass is 9.70. The molecular weight excluding hydrogens is 500 g/mol. The van der Waals surface area contributed by atoms with Gasteiger partial charge in [0.05, 0.1) is 29.4 Å². The molecule has 0 aromatic rings. The first-order valence-electron chi connectivity index (χ1n) is 11.7. The predicted octanol–water partition coefficient (Wildman–Crippen LogP) is 2.72. The Bertz CT molecular complexity index is 1010. The van der Waals surface area contributed by atoms with Gasteiger partial charge in [0.2, 0.25) is 0 Å². The van der Waals surface area contributed by atoms with Crippen LogP contribution in [0.2, 0.25) is 0 Å². The first kappa shape index (κ1) is 29.9. The number of hydrogen-bond donors (Lipinski definition) is 2. The number of hydrogen-bond acceptors (Lipinski definition) is 8. The highest BCUT2D eigenvalue weighted by Crippen LogP contribution is 2.65. The molecule has 0 heterocycles. The van der Waals surface area contributed by atoms with Crippen LogP contribution in [0.5, 0.6) is 0 Å². The Morgan fingerprint density at radius 3 is 1.26 bits per heavy atom. The van der Waals surface area contributed by atoms with Crippen molar-refractivity contribution in [3.8, 4) is 0 Å². The first-order chi connectivity index (χ1) is 15.7. The standard InChI is InChI=1S/2C10H16O4S.C3H6O2/c2*1-9(2)7-3-4-10(9,8(11)5-7)6-15(12,13)14;1-3(4)5-2/h2*7H,3-6H2,1-2H3,(H,12,13,14);1-2H3. The summed E-state index contributed by atoms with van der Waals surface area (Å²) < 4.78 is 66.1. The molecule has 35 heavy (non-hydrogen) atoms. The van der Waals surface area contributed by atoms with Crippen LogP contribution in [-0.4, -0.2) is 62.1 Å². The van der Waals surface area contributed by atoms with E-state index in [4.69, 9.17) is 9.11 Å². The van der Waals surface area contributed by atoms with E-state index >= 15 is 0 Å². The molecule has 0 aliphatic heterocycles. The molecule has 0 spiro atoms. The summed E-state index contributed by atoms with van der Waals surface area (Å²) in [5, 5.41) is 0. The minimum absolute atomic E-state index is 0.0152. The number of ether oxygens (including phenoxy) is 1. The predicted molar refractivity (Wildman–Crippen MR) is 128 cm³/mol. The smallest absolute Gasteiger partial charge is 0.302 e. The number of carbonyl (C=O) groups is 3. The molecule has 4 saturated carbocycles. The summed E-state index contributed by atoms with van der Waals surface area (Å²) in [5.74, 6) is -0.448. The molecular formula is C23H38O10S2. The van der Waals surface area contributed by atoms with Crippen molar-refractivity contribution in [3.63, 3.8) is 0 Å². The van der Waals surface area contributed by atoms with Crippen LogP contribution in [-0.2, 0) is 39.4 Å². The quantitative estimate of drug-likeness (QED) is 0.401. The van der Waals surface area contributed by atoms with Gasteiger partial charge in [-0.15, -0.1) is 0 Å². The average Bonchev–Trinajstić information content (AvgIpc) is 3.19. The summed E-state index contributed by atoms with van der Waals surface area (Å²) in [5.41, 5.74) is -2.24. The molecule has 4 bridgehead atoms. The van der Waals surface area contributed by atoms with Gasteiger partial charge in [-0.3, -0.25) is 23.5 Å². The lowest BCUT2D eigenvalue weighted by Crippen LogP contribution is -2.42. The van der Waals surface area contributed by atoms with Crippen molar-refractivity contribution in [1.82, 2.24) is 0 Å². The van der Waals surface area contributed by atoms with Crippen LogP contribution in [0.15, 0.2) is 0 Å². The fraction of sp³-hybridized carbons (Fsp3) is 0.870. The molecule has 0 aromatic heterocycles. The molecule has 2 N–H and O–H groups in total. The Kier molecular flexibility index (Phi) is 8.10. The summed E-state index contributed by atoms with van der Waals surface area (Å²) in [7, 11) is -6.80. The zero-order valence-electron chi connectivity index (χ0n) is 21.3. The number of Topliss-reactive ketones (excluding diaryl/α,β-unsaturated/α-hetero) is 2. The lowest BCUT2D eigenvalue weighted by molar-refractivity contribution is -0.138. The van der Waals surface area contributed by atoms with Crippen molar-refractivity contribution in [3.05, 3.63) is 0 Å². The molecule has 4 rings (SSSR count). The highest BCUT2D eigenvalue weighted by molar-refractivity contribution is 7.86. The summed E-state index contributed by atoms with van der Waals surface area (Å²) in [6, 6.07) is 0. The Morgan fingerprint density at radius 1 is 0.829 bits per heavy atom. The number of carbonyl (C=O) groups excluding carboxylic acids is 3. The highest BCUT2D eigenvalue weighted by Gasteiger charge is 2.66. The van der Waals surface area contributed by atoms with Gasteiger partial charge in [0.15, 0.2) is 0 Å². The van der Waals surface area contributed by atoms with E-state index in [9.17, 15) is 31.2 Å². The molecule has 4 aliphatic rings. The van der Waals surface area contributed by atoms with E-state index in [1.54, 1.807) is 0 Å². The van der Waals surface area contributed by atoms with E-state index in [-0.39, 0.29) is 40.2 Å². The molecule has 10 nitrogen and oxygen atoms in total. The Balaban J connectivity index is 0.000000208. The van der Waals surface area contributed by atoms with Gasteiger partial charge in [-0.2, -0.15) is 16.8 Å². The highest BCUT2D eigenvalue weighted by atomic mass is 32.2. The molecule has 0 saturated heterocycles. The third-order valence-corrected chi connectivity index (χ3v) is 11.1. The summed E-state index contributed by atoms with van der Waals surface area (Å²) in [4.78, 5) is 33.3. The van der Waals surface area contributed by atoms with Crippen LogP contribution in [0.3, 0.4) is 0 Å². The van der Waals surface area contributed by atoms with Gasteiger partial charge in [-0.05, 0) is 48.3 Å². The van der Waals surface area contributed by atoms with Gasteiger partial charge < -0.3 is 4.74 Å². The normalized spacial score (nSPS) is 34.1. The van der Waals surface area contributed by atoms with Crippen molar-refractivity contribution >= 4 is 37.8 Å². The largest absolute Gasteiger partial charge is 0.469 e.